The normalized spacial score (nSPS) is 48.1. The van der Waals surface area contributed by atoms with Gasteiger partial charge in [0.15, 0.2) is 0 Å². The van der Waals surface area contributed by atoms with Crippen LogP contribution in [-0.4, -0.2) is 11.2 Å². The Labute approximate surface area is 99.6 Å². The van der Waals surface area contributed by atoms with Crippen LogP contribution in [0.25, 0.3) is 0 Å². The zero-order chi connectivity index (χ0) is 12.0. The third-order valence-electron chi connectivity index (χ3n) is 4.89. The van der Waals surface area contributed by atoms with Gasteiger partial charge in [-0.25, -0.2) is 0 Å². The van der Waals surface area contributed by atoms with Crippen LogP contribution in [-0.2, 0) is 4.74 Å². The van der Waals surface area contributed by atoms with Crippen molar-refractivity contribution < 1.29 is 4.74 Å². The van der Waals surface area contributed by atoms with Gasteiger partial charge in [-0.2, -0.15) is 0 Å². The molecule has 1 heterocycles. The van der Waals surface area contributed by atoms with Gasteiger partial charge in [0, 0.05) is 0 Å². The van der Waals surface area contributed by atoms with Crippen LogP contribution in [0.15, 0.2) is 24.3 Å². The molecule has 1 saturated heterocycles. The van der Waals surface area contributed by atoms with E-state index >= 15 is 0 Å². The van der Waals surface area contributed by atoms with Gasteiger partial charge in [-0.3, -0.25) is 0 Å². The summed E-state index contributed by atoms with van der Waals surface area (Å²) in [6, 6.07) is 0. The van der Waals surface area contributed by atoms with Gasteiger partial charge >= 0.3 is 0 Å². The molecule has 0 amide bonds. The number of hydrogen-bond acceptors (Lipinski definition) is 1. The average molecular weight is 220 g/mol. The highest BCUT2D eigenvalue weighted by Crippen LogP contribution is 2.51. The summed E-state index contributed by atoms with van der Waals surface area (Å²) in [5, 5.41) is 0. The lowest BCUT2D eigenvalue weighted by Crippen LogP contribution is -2.44. The van der Waals surface area contributed by atoms with E-state index in [4.69, 9.17) is 4.74 Å². The number of allylic oxidation sites excluding steroid dienone is 1. The van der Waals surface area contributed by atoms with Gasteiger partial charge in [-0.1, -0.05) is 26.0 Å². The quantitative estimate of drug-likeness (QED) is 0.604. The molecule has 16 heavy (non-hydrogen) atoms. The molecule has 0 bridgehead atoms. The summed E-state index contributed by atoms with van der Waals surface area (Å²) in [5.74, 6) is 1.33. The molecule has 1 aliphatic carbocycles. The molecule has 2 rings (SSSR count). The average Bonchev–Trinajstić information content (AvgIpc) is 2.63. The second-order valence-corrected chi connectivity index (χ2v) is 5.90. The molecule has 1 nitrogen and oxygen atoms in total. The van der Waals surface area contributed by atoms with E-state index < -0.39 is 0 Å². The first-order chi connectivity index (χ1) is 7.43. The van der Waals surface area contributed by atoms with Crippen molar-refractivity contribution in [2.75, 3.05) is 0 Å². The highest BCUT2D eigenvalue weighted by Gasteiger charge is 2.51. The predicted molar refractivity (Wildman–Crippen MR) is 68.4 cm³/mol. The molecule has 2 aliphatic rings. The van der Waals surface area contributed by atoms with E-state index in [0.717, 1.165) is 18.8 Å². The zero-order valence-corrected chi connectivity index (χ0v) is 11.0. The van der Waals surface area contributed by atoms with Crippen molar-refractivity contribution >= 4 is 0 Å². The Hall–Kier alpha value is -0.560. The Morgan fingerprint density at radius 3 is 2.69 bits per heavy atom. The first-order valence-corrected chi connectivity index (χ1v) is 6.44. The maximum Gasteiger partial charge on any atom is 0.0929 e. The predicted octanol–water partition coefficient (Wildman–Crippen LogP) is 4.10. The van der Waals surface area contributed by atoms with Crippen molar-refractivity contribution in [3.05, 3.63) is 24.3 Å². The number of rotatable bonds is 1. The third kappa shape index (κ3) is 1.57. The second kappa shape index (κ2) is 3.73. The lowest BCUT2D eigenvalue weighted by molar-refractivity contribution is -0.0924. The first kappa shape index (κ1) is 11.9. The molecule has 0 aromatic heterocycles. The van der Waals surface area contributed by atoms with E-state index in [0.29, 0.717) is 5.92 Å². The Kier molecular flexibility index (Phi) is 2.78. The first-order valence-electron chi connectivity index (χ1n) is 6.44. The van der Waals surface area contributed by atoms with Crippen LogP contribution in [0.3, 0.4) is 0 Å². The molecule has 1 heteroatoms. The molecule has 4 unspecified atom stereocenters. The van der Waals surface area contributed by atoms with E-state index in [1.807, 2.05) is 6.08 Å². The monoisotopic (exact) mass is 220 g/mol. The van der Waals surface area contributed by atoms with E-state index in [1.165, 1.54) is 12.0 Å². The zero-order valence-electron chi connectivity index (χ0n) is 11.0. The van der Waals surface area contributed by atoms with E-state index in [1.54, 1.807) is 0 Å². The van der Waals surface area contributed by atoms with E-state index in [2.05, 4.69) is 40.3 Å². The fourth-order valence-corrected chi connectivity index (χ4v) is 3.25. The topological polar surface area (TPSA) is 9.23 Å². The Balaban J connectivity index is 2.34. The molecule has 1 fully saturated rings. The fourth-order valence-electron chi connectivity index (χ4n) is 3.25. The maximum absolute atomic E-state index is 6.44. The van der Waals surface area contributed by atoms with Gasteiger partial charge in [0.05, 0.1) is 11.2 Å². The van der Waals surface area contributed by atoms with Crippen molar-refractivity contribution in [2.45, 2.75) is 58.2 Å². The second-order valence-electron chi connectivity index (χ2n) is 5.90. The third-order valence-corrected chi connectivity index (χ3v) is 4.89. The van der Waals surface area contributed by atoms with Crippen LogP contribution < -0.4 is 0 Å². The van der Waals surface area contributed by atoms with Gasteiger partial charge in [0.2, 0.25) is 0 Å². The van der Waals surface area contributed by atoms with Crippen LogP contribution in [0.5, 0.6) is 0 Å². The highest BCUT2D eigenvalue weighted by atomic mass is 16.5. The van der Waals surface area contributed by atoms with Crippen LogP contribution >= 0.6 is 0 Å². The van der Waals surface area contributed by atoms with Crippen molar-refractivity contribution in [2.24, 2.45) is 11.8 Å². The summed E-state index contributed by atoms with van der Waals surface area (Å²) in [5.41, 5.74) is 1.30. The molecule has 0 N–H and O–H groups in total. The van der Waals surface area contributed by atoms with E-state index in [9.17, 15) is 0 Å². The molecule has 0 aromatic carbocycles. The Bertz CT molecular complexity index is 330. The summed E-state index contributed by atoms with van der Waals surface area (Å²) >= 11 is 0. The molecule has 1 spiro atoms. The molecular formula is C15H24O. The highest BCUT2D eigenvalue weighted by molar-refractivity contribution is 5.25. The Morgan fingerprint density at radius 2 is 2.12 bits per heavy atom. The summed E-state index contributed by atoms with van der Waals surface area (Å²) < 4.78 is 6.44. The van der Waals surface area contributed by atoms with Crippen LogP contribution in [0.2, 0.25) is 0 Å². The standard InChI is InChI=1S/C15H24O/c1-6-14(5)9-10-15(16-14)12(3)8-7-11(2)13(15)4/h6,8,11,13H,1,7,9-10H2,2-5H3. The van der Waals surface area contributed by atoms with Crippen LogP contribution in [0.1, 0.15) is 47.0 Å². The lowest BCUT2D eigenvalue weighted by Gasteiger charge is -2.44. The summed E-state index contributed by atoms with van der Waals surface area (Å²) in [7, 11) is 0. The summed E-state index contributed by atoms with van der Waals surface area (Å²) in [6.07, 6.45) is 7.78. The smallest absolute Gasteiger partial charge is 0.0929 e. The molecule has 4 atom stereocenters. The number of hydrogen-bond donors (Lipinski definition) is 0. The van der Waals surface area contributed by atoms with Crippen molar-refractivity contribution in [1.29, 1.82) is 0 Å². The minimum atomic E-state index is -0.125. The van der Waals surface area contributed by atoms with Gasteiger partial charge in [0.25, 0.3) is 0 Å². The molecule has 1 aliphatic heterocycles. The maximum atomic E-state index is 6.44. The minimum absolute atomic E-state index is 0.0133. The molecule has 0 radical (unpaired) electrons. The largest absolute Gasteiger partial charge is 0.360 e. The minimum Gasteiger partial charge on any atom is -0.360 e. The van der Waals surface area contributed by atoms with Crippen molar-refractivity contribution in [3.8, 4) is 0 Å². The molecule has 90 valence electrons. The van der Waals surface area contributed by atoms with Crippen molar-refractivity contribution in [3.63, 3.8) is 0 Å². The van der Waals surface area contributed by atoms with Crippen LogP contribution in [0, 0.1) is 11.8 Å². The van der Waals surface area contributed by atoms with E-state index in [-0.39, 0.29) is 11.2 Å². The summed E-state index contributed by atoms with van der Waals surface area (Å²) in [4.78, 5) is 0. The van der Waals surface area contributed by atoms with Gasteiger partial charge < -0.3 is 4.74 Å². The summed E-state index contributed by atoms with van der Waals surface area (Å²) in [6.45, 7) is 13.0. The van der Waals surface area contributed by atoms with Gasteiger partial charge in [-0.05, 0) is 50.5 Å². The van der Waals surface area contributed by atoms with Crippen molar-refractivity contribution in [1.82, 2.24) is 0 Å². The number of ether oxygens (including phenoxy) is 1. The van der Waals surface area contributed by atoms with Crippen LogP contribution in [0.4, 0.5) is 0 Å². The lowest BCUT2D eigenvalue weighted by atomic mass is 9.69. The van der Waals surface area contributed by atoms with Gasteiger partial charge in [-0.15, -0.1) is 6.58 Å². The Morgan fingerprint density at radius 1 is 1.44 bits per heavy atom. The molecule has 0 saturated carbocycles. The fraction of sp³-hybridized carbons (Fsp3) is 0.733. The molecular weight excluding hydrogens is 196 g/mol. The van der Waals surface area contributed by atoms with Gasteiger partial charge in [0.1, 0.15) is 0 Å². The molecule has 0 aromatic rings. The SMILES string of the molecule is C=CC1(C)CCC2(O1)C(C)=CCC(C)C2C.